The lowest BCUT2D eigenvalue weighted by atomic mass is 10.1. The number of benzene rings is 1. The molecule has 0 radical (unpaired) electrons. The average Bonchev–Trinajstić information content (AvgIpc) is 3.33. The number of amides is 1. The monoisotopic (exact) mass is 367 g/mol. The Bertz CT molecular complexity index is 984. The molecule has 4 rings (SSSR count). The molecule has 3 aromatic rings. The molecule has 0 spiro atoms. The topological polar surface area (TPSA) is 51.3 Å². The largest absolute Gasteiger partial charge is 0.360 e. The smallest absolute Gasteiger partial charge is 0.256 e. The number of nitrogens with zero attached hydrogens (tertiary/aromatic N) is 3. The van der Waals surface area contributed by atoms with Gasteiger partial charge in [-0.05, 0) is 57.4 Å². The maximum absolute atomic E-state index is 13.3. The van der Waals surface area contributed by atoms with Crippen LogP contribution in [0.2, 0.25) is 0 Å². The van der Waals surface area contributed by atoms with Crippen LogP contribution in [0.3, 0.4) is 0 Å². The minimum absolute atomic E-state index is 0.00129. The van der Waals surface area contributed by atoms with Crippen molar-refractivity contribution in [2.45, 2.75) is 46.2 Å². The van der Waals surface area contributed by atoms with Gasteiger partial charge in [0.25, 0.3) is 5.91 Å². The van der Waals surface area contributed by atoms with Gasteiger partial charge in [0.1, 0.15) is 11.6 Å². The SMILES string of the molecule is Cc1cc(-n2c(C)cc(C(=O)N(Cc3ccc(F)cc3)C3CC3)c2C)no1. The quantitative estimate of drug-likeness (QED) is 0.674. The van der Waals surface area contributed by atoms with Crippen LogP contribution in [0.15, 0.2) is 40.9 Å². The molecule has 1 saturated carbocycles. The third-order valence-electron chi connectivity index (χ3n) is 5.02. The highest BCUT2D eigenvalue weighted by molar-refractivity contribution is 5.96. The fourth-order valence-electron chi connectivity index (χ4n) is 3.48. The van der Waals surface area contributed by atoms with E-state index in [1.807, 2.05) is 42.4 Å². The van der Waals surface area contributed by atoms with Crippen LogP contribution in [0.25, 0.3) is 5.82 Å². The zero-order chi connectivity index (χ0) is 19.1. The summed E-state index contributed by atoms with van der Waals surface area (Å²) in [4.78, 5) is 15.2. The number of rotatable bonds is 5. The van der Waals surface area contributed by atoms with Crippen LogP contribution in [0.4, 0.5) is 4.39 Å². The minimum atomic E-state index is -0.269. The minimum Gasteiger partial charge on any atom is -0.360 e. The van der Waals surface area contributed by atoms with Crippen LogP contribution < -0.4 is 0 Å². The third-order valence-corrected chi connectivity index (χ3v) is 5.02. The van der Waals surface area contributed by atoms with Crippen LogP contribution in [0.1, 0.15) is 45.9 Å². The van der Waals surface area contributed by atoms with Crippen molar-refractivity contribution in [2.75, 3.05) is 0 Å². The highest BCUT2D eigenvalue weighted by atomic mass is 19.1. The first kappa shape index (κ1) is 17.5. The summed E-state index contributed by atoms with van der Waals surface area (Å²) in [5.74, 6) is 1.13. The average molecular weight is 367 g/mol. The summed E-state index contributed by atoms with van der Waals surface area (Å²) in [7, 11) is 0. The van der Waals surface area contributed by atoms with Gasteiger partial charge in [0.15, 0.2) is 5.82 Å². The summed E-state index contributed by atoms with van der Waals surface area (Å²) in [5, 5.41) is 4.08. The molecule has 1 fully saturated rings. The van der Waals surface area contributed by atoms with Crippen molar-refractivity contribution in [3.63, 3.8) is 0 Å². The van der Waals surface area contributed by atoms with E-state index in [1.165, 1.54) is 12.1 Å². The van der Waals surface area contributed by atoms with Gasteiger partial charge in [0.2, 0.25) is 0 Å². The van der Waals surface area contributed by atoms with Gasteiger partial charge in [-0.1, -0.05) is 17.3 Å². The summed E-state index contributed by atoms with van der Waals surface area (Å²) in [6, 6.07) is 10.3. The van der Waals surface area contributed by atoms with E-state index in [-0.39, 0.29) is 17.8 Å². The zero-order valence-electron chi connectivity index (χ0n) is 15.7. The van der Waals surface area contributed by atoms with Crippen molar-refractivity contribution < 1.29 is 13.7 Å². The Morgan fingerprint density at radius 2 is 1.93 bits per heavy atom. The second kappa shape index (κ2) is 6.68. The van der Waals surface area contributed by atoms with Gasteiger partial charge >= 0.3 is 0 Å². The summed E-state index contributed by atoms with van der Waals surface area (Å²) >= 11 is 0. The lowest BCUT2D eigenvalue weighted by Gasteiger charge is -2.22. The van der Waals surface area contributed by atoms with Gasteiger partial charge in [-0.25, -0.2) is 4.39 Å². The molecule has 5 nitrogen and oxygen atoms in total. The zero-order valence-corrected chi connectivity index (χ0v) is 15.7. The number of hydrogen-bond acceptors (Lipinski definition) is 3. The lowest BCUT2D eigenvalue weighted by molar-refractivity contribution is 0.0729. The first-order valence-electron chi connectivity index (χ1n) is 9.12. The van der Waals surface area contributed by atoms with Crippen molar-refractivity contribution in [3.8, 4) is 5.82 Å². The standard InChI is InChI=1S/C21H22FN3O2/c1-13-10-19(15(3)25(13)20-11-14(2)27-23-20)21(26)24(18-8-9-18)12-16-4-6-17(22)7-5-16/h4-7,10-11,18H,8-9,12H2,1-3H3. The lowest BCUT2D eigenvalue weighted by Crippen LogP contribution is -2.32. The summed E-state index contributed by atoms with van der Waals surface area (Å²) in [5.41, 5.74) is 3.37. The van der Waals surface area contributed by atoms with E-state index in [0.29, 0.717) is 17.9 Å². The predicted octanol–water partition coefficient (Wildman–Crippen LogP) is 4.33. The van der Waals surface area contributed by atoms with Crippen LogP contribution in [-0.4, -0.2) is 26.6 Å². The van der Waals surface area contributed by atoms with Gasteiger partial charge in [-0.2, -0.15) is 0 Å². The fourth-order valence-corrected chi connectivity index (χ4v) is 3.48. The van der Waals surface area contributed by atoms with Crippen LogP contribution in [0, 0.1) is 26.6 Å². The molecule has 0 atom stereocenters. The third kappa shape index (κ3) is 3.39. The van der Waals surface area contributed by atoms with E-state index in [0.717, 1.165) is 35.6 Å². The molecule has 0 N–H and O–H groups in total. The number of hydrogen-bond donors (Lipinski definition) is 0. The van der Waals surface area contributed by atoms with Crippen LogP contribution in [0.5, 0.6) is 0 Å². The Morgan fingerprint density at radius 1 is 1.22 bits per heavy atom. The first-order chi connectivity index (χ1) is 12.9. The normalized spacial score (nSPS) is 13.8. The molecule has 6 heteroatoms. The summed E-state index contributed by atoms with van der Waals surface area (Å²) in [6.45, 7) is 6.20. The Labute approximate surface area is 157 Å². The second-order valence-corrected chi connectivity index (χ2v) is 7.21. The molecule has 0 unspecified atom stereocenters. The molecule has 2 heterocycles. The van der Waals surface area contributed by atoms with Crippen molar-refractivity contribution >= 4 is 5.91 Å². The number of carbonyl (C=O) groups excluding carboxylic acids is 1. The highest BCUT2D eigenvalue weighted by Gasteiger charge is 2.34. The molecule has 1 aromatic carbocycles. The molecular formula is C21H22FN3O2. The number of halogens is 1. The highest BCUT2D eigenvalue weighted by Crippen LogP contribution is 2.31. The van der Waals surface area contributed by atoms with Crippen molar-refractivity contribution in [3.05, 3.63) is 70.5 Å². The maximum atomic E-state index is 13.3. The van der Waals surface area contributed by atoms with Crippen molar-refractivity contribution in [2.24, 2.45) is 0 Å². The van der Waals surface area contributed by atoms with Crippen LogP contribution in [-0.2, 0) is 6.54 Å². The van der Waals surface area contributed by atoms with E-state index in [9.17, 15) is 9.18 Å². The molecular weight excluding hydrogens is 345 g/mol. The van der Waals surface area contributed by atoms with Crippen LogP contribution >= 0.6 is 0 Å². The second-order valence-electron chi connectivity index (χ2n) is 7.21. The van der Waals surface area contributed by atoms with Gasteiger partial charge in [0, 0.05) is 30.0 Å². The molecule has 1 amide bonds. The van der Waals surface area contributed by atoms with Crippen molar-refractivity contribution in [1.29, 1.82) is 0 Å². The van der Waals surface area contributed by atoms with Gasteiger partial charge < -0.3 is 9.42 Å². The molecule has 0 bridgehead atoms. The number of carbonyl (C=O) groups is 1. The van der Waals surface area contributed by atoms with Gasteiger partial charge in [0.05, 0.1) is 5.56 Å². The summed E-state index contributed by atoms with van der Waals surface area (Å²) in [6.07, 6.45) is 2.02. The molecule has 2 aromatic heterocycles. The Balaban J connectivity index is 1.65. The first-order valence-corrected chi connectivity index (χ1v) is 9.12. The summed E-state index contributed by atoms with van der Waals surface area (Å²) < 4.78 is 20.3. The van der Waals surface area contributed by atoms with E-state index in [2.05, 4.69) is 5.16 Å². The molecule has 0 saturated heterocycles. The van der Waals surface area contributed by atoms with Gasteiger partial charge in [-0.3, -0.25) is 9.36 Å². The molecule has 140 valence electrons. The van der Waals surface area contributed by atoms with E-state index < -0.39 is 0 Å². The van der Waals surface area contributed by atoms with E-state index in [4.69, 9.17) is 4.52 Å². The molecule has 1 aliphatic carbocycles. The van der Waals surface area contributed by atoms with Gasteiger partial charge in [-0.15, -0.1) is 0 Å². The van der Waals surface area contributed by atoms with E-state index >= 15 is 0 Å². The fraction of sp³-hybridized carbons (Fsp3) is 0.333. The predicted molar refractivity (Wildman–Crippen MR) is 99.3 cm³/mol. The molecule has 1 aliphatic rings. The molecule has 27 heavy (non-hydrogen) atoms. The Hall–Kier alpha value is -2.89. The van der Waals surface area contributed by atoms with Crippen molar-refractivity contribution in [1.82, 2.24) is 14.6 Å². The van der Waals surface area contributed by atoms with E-state index in [1.54, 1.807) is 12.1 Å². The number of aryl methyl sites for hydroxylation is 2. The number of aromatic nitrogens is 2. The Kier molecular flexibility index (Phi) is 4.34. The Morgan fingerprint density at radius 3 is 2.52 bits per heavy atom. The maximum Gasteiger partial charge on any atom is 0.256 e. The molecule has 0 aliphatic heterocycles.